The Labute approximate surface area is 156 Å². The van der Waals surface area contributed by atoms with Crippen molar-refractivity contribution < 1.29 is 13.5 Å². The van der Waals surface area contributed by atoms with Crippen LogP contribution in [-0.2, 0) is 10.0 Å². The van der Waals surface area contributed by atoms with Crippen molar-refractivity contribution in [1.82, 2.24) is 10.3 Å². The largest absolute Gasteiger partial charge is 0.387 e. The fraction of sp³-hybridized carbons (Fsp3) is 0.278. The van der Waals surface area contributed by atoms with E-state index in [0.717, 1.165) is 22.0 Å². The molecule has 0 bridgehead atoms. The molecule has 0 saturated carbocycles. The maximum absolute atomic E-state index is 11.5. The van der Waals surface area contributed by atoms with E-state index in [4.69, 9.17) is 5.14 Å². The molecule has 0 fully saturated rings. The first-order chi connectivity index (χ1) is 12.4. The number of aromatic nitrogens is 1. The predicted octanol–water partition coefficient (Wildman–Crippen LogP) is 2.37. The van der Waals surface area contributed by atoms with Gasteiger partial charge in [0.05, 0.1) is 16.7 Å². The maximum atomic E-state index is 11.5. The number of primary sulfonamides is 1. The lowest BCUT2D eigenvalue weighted by atomic mass is 10.0. The minimum Gasteiger partial charge on any atom is -0.387 e. The molecular weight excluding hydrogens is 370 g/mol. The maximum Gasteiger partial charge on any atom is 0.238 e. The van der Waals surface area contributed by atoms with E-state index in [0.29, 0.717) is 13.1 Å². The molecule has 8 heteroatoms. The number of aliphatic hydroxyl groups is 1. The number of thiophene rings is 1. The Morgan fingerprint density at radius 2 is 2.08 bits per heavy atom. The molecule has 2 atom stereocenters. The van der Waals surface area contributed by atoms with Crippen LogP contribution in [0.4, 0.5) is 0 Å². The molecule has 6 nitrogen and oxygen atoms in total. The van der Waals surface area contributed by atoms with E-state index in [1.54, 1.807) is 35.7 Å². The smallest absolute Gasteiger partial charge is 0.238 e. The Balaban J connectivity index is 1.73. The van der Waals surface area contributed by atoms with Gasteiger partial charge in [0, 0.05) is 30.6 Å². The minimum atomic E-state index is -3.73. The molecule has 0 aliphatic rings. The van der Waals surface area contributed by atoms with Crippen molar-refractivity contribution in [3.05, 3.63) is 58.5 Å². The SMILES string of the molecule is C[C@H](CNC[C@@H](O)c1ccsc1)c1nccc2cc(S(N)(=O)=O)ccc12. The zero-order chi connectivity index (χ0) is 18.7. The fourth-order valence-corrected chi connectivity index (χ4v) is 4.12. The van der Waals surface area contributed by atoms with Gasteiger partial charge in [-0.3, -0.25) is 4.98 Å². The number of fused-ring (bicyclic) bond motifs is 1. The van der Waals surface area contributed by atoms with Crippen LogP contribution in [0.25, 0.3) is 10.8 Å². The second kappa shape index (κ2) is 7.81. The summed E-state index contributed by atoms with van der Waals surface area (Å²) < 4.78 is 23.1. The van der Waals surface area contributed by atoms with Crippen LogP contribution in [0.5, 0.6) is 0 Å². The average molecular weight is 392 g/mol. The van der Waals surface area contributed by atoms with Gasteiger partial charge < -0.3 is 10.4 Å². The zero-order valence-electron chi connectivity index (χ0n) is 14.3. The first-order valence-corrected chi connectivity index (χ1v) is 10.7. The van der Waals surface area contributed by atoms with Crippen LogP contribution in [0.2, 0.25) is 0 Å². The second-order valence-electron chi connectivity index (χ2n) is 6.26. The number of hydrogen-bond donors (Lipinski definition) is 3. The van der Waals surface area contributed by atoms with E-state index < -0.39 is 16.1 Å². The number of nitrogens with zero attached hydrogens (tertiary/aromatic N) is 1. The number of hydrogen-bond acceptors (Lipinski definition) is 6. The highest BCUT2D eigenvalue weighted by molar-refractivity contribution is 7.89. The molecule has 2 heterocycles. The molecule has 0 aliphatic carbocycles. The predicted molar refractivity (Wildman–Crippen MR) is 104 cm³/mol. The summed E-state index contributed by atoms with van der Waals surface area (Å²) in [5, 5.41) is 24.2. The van der Waals surface area contributed by atoms with Crippen LogP contribution in [0, 0.1) is 0 Å². The number of sulfonamides is 1. The van der Waals surface area contributed by atoms with Crippen LogP contribution < -0.4 is 10.5 Å². The molecule has 0 spiro atoms. The summed E-state index contributed by atoms with van der Waals surface area (Å²) in [4.78, 5) is 4.55. The lowest BCUT2D eigenvalue weighted by Crippen LogP contribution is -2.25. The van der Waals surface area contributed by atoms with E-state index in [-0.39, 0.29) is 10.8 Å². The van der Waals surface area contributed by atoms with Crippen LogP contribution in [-0.4, -0.2) is 31.6 Å². The van der Waals surface area contributed by atoms with Crippen molar-refractivity contribution in [3.63, 3.8) is 0 Å². The van der Waals surface area contributed by atoms with E-state index in [1.165, 1.54) is 6.07 Å². The molecular formula is C18H21N3O3S2. The van der Waals surface area contributed by atoms with Gasteiger partial charge in [0.2, 0.25) is 10.0 Å². The average Bonchev–Trinajstić information content (AvgIpc) is 3.14. The molecule has 1 aromatic carbocycles. The Kier molecular flexibility index (Phi) is 5.69. The van der Waals surface area contributed by atoms with E-state index in [2.05, 4.69) is 10.3 Å². The summed E-state index contributed by atoms with van der Waals surface area (Å²) >= 11 is 1.56. The second-order valence-corrected chi connectivity index (χ2v) is 8.60. The van der Waals surface area contributed by atoms with Gasteiger partial charge in [-0.2, -0.15) is 11.3 Å². The summed E-state index contributed by atoms with van der Waals surface area (Å²) in [6.07, 6.45) is 1.13. The molecule has 0 saturated heterocycles. The highest BCUT2D eigenvalue weighted by atomic mass is 32.2. The van der Waals surface area contributed by atoms with Gasteiger partial charge in [0.15, 0.2) is 0 Å². The van der Waals surface area contributed by atoms with Crippen LogP contribution >= 0.6 is 11.3 Å². The van der Waals surface area contributed by atoms with Crippen LogP contribution in [0.3, 0.4) is 0 Å². The molecule has 4 N–H and O–H groups in total. The molecule has 0 aliphatic heterocycles. The number of nitrogens with two attached hydrogens (primary N) is 1. The van der Waals surface area contributed by atoms with Crippen molar-refractivity contribution in [2.45, 2.75) is 23.8 Å². The Morgan fingerprint density at radius 1 is 1.27 bits per heavy atom. The van der Waals surface area contributed by atoms with Crippen LogP contribution in [0.15, 0.2) is 52.2 Å². The van der Waals surface area contributed by atoms with Gasteiger partial charge in [0.1, 0.15) is 0 Å². The molecule has 26 heavy (non-hydrogen) atoms. The Morgan fingerprint density at radius 3 is 2.77 bits per heavy atom. The van der Waals surface area contributed by atoms with Gasteiger partial charge in [-0.15, -0.1) is 0 Å². The monoisotopic (exact) mass is 391 g/mol. The summed E-state index contributed by atoms with van der Waals surface area (Å²) in [6, 6.07) is 8.50. The fourth-order valence-electron chi connectivity index (χ4n) is 2.86. The molecule has 138 valence electrons. The number of aliphatic hydroxyl groups excluding tert-OH is 1. The zero-order valence-corrected chi connectivity index (χ0v) is 15.9. The first kappa shape index (κ1) is 18.9. The van der Waals surface area contributed by atoms with E-state index in [9.17, 15) is 13.5 Å². The molecule has 0 unspecified atom stereocenters. The number of rotatable bonds is 7. The summed E-state index contributed by atoms with van der Waals surface area (Å²) in [7, 11) is -3.73. The molecule has 0 radical (unpaired) electrons. The van der Waals surface area contributed by atoms with Crippen molar-refractivity contribution in [2.75, 3.05) is 13.1 Å². The van der Waals surface area contributed by atoms with Gasteiger partial charge in [0.25, 0.3) is 0 Å². The Hall–Kier alpha value is -1.84. The minimum absolute atomic E-state index is 0.0896. The van der Waals surface area contributed by atoms with Crippen molar-refractivity contribution in [3.8, 4) is 0 Å². The molecule has 2 aromatic heterocycles. The van der Waals surface area contributed by atoms with Crippen molar-refractivity contribution >= 4 is 32.1 Å². The summed E-state index contributed by atoms with van der Waals surface area (Å²) in [5.74, 6) is 0.0914. The van der Waals surface area contributed by atoms with E-state index in [1.807, 2.05) is 23.8 Å². The third kappa shape index (κ3) is 4.28. The van der Waals surface area contributed by atoms with Crippen molar-refractivity contribution in [1.29, 1.82) is 0 Å². The summed E-state index contributed by atoms with van der Waals surface area (Å²) in [5.41, 5.74) is 1.79. The topological polar surface area (TPSA) is 105 Å². The lowest BCUT2D eigenvalue weighted by molar-refractivity contribution is 0.175. The van der Waals surface area contributed by atoms with Gasteiger partial charge in [-0.25, -0.2) is 13.6 Å². The molecule has 0 amide bonds. The number of nitrogens with one attached hydrogen (secondary N) is 1. The quantitative estimate of drug-likeness (QED) is 0.573. The number of benzene rings is 1. The standard InChI is InChI=1S/C18H21N3O3S2/c1-12(9-20-10-17(22)14-5-7-25-11-14)18-16-3-2-15(26(19,23)24)8-13(16)4-6-21-18/h2-8,11-12,17,20,22H,9-10H2,1H3,(H2,19,23,24)/t12-,17-/m1/s1. The lowest BCUT2D eigenvalue weighted by Gasteiger charge is -2.16. The third-order valence-corrected chi connectivity index (χ3v) is 5.89. The van der Waals surface area contributed by atoms with Crippen LogP contribution in [0.1, 0.15) is 30.2 Å². The van der Waals surface area contributed by atoms with E-state index >= 15 is 0 Å². The van der Waals surface area contributed by atoms with Gasteiger partial charge in [-0.1, -0.05) is 13.0 Å². The molecule has 3 aromatic rings. The Bertz CT molecular complexity index is 988. The summed E-state index contributed by atoms with van der Waals surface area (Å²) in [6.45, 7) is 3.14. The number of pyridine rings is 1. The normalized spacial score (nSPS) is 14.4. The van der Waals surface area contributed by atoms with Crippen molar-refractivity contribution in [2.24, 2.45) is 5.14 Å². The van der Waals surface area contributed by atoms with Gasteiger partial charge >= 0.3 is 0 Å². The van der Waals surface area contributed by atoms with Gasteiger partial charge in [-0.05, 0) is 46.0 Å². The highest BCUT2D eigenvalue weighted by Gasteiger charge is 2.15. The third-order valence-electron chi connectivity index (χ3n) is 4.28. The molecule has 3 rings (SSSR count). The highest BCUT2D eigenvalue weighted by Crippen LogP contribution is 2.25. The first-order valence-electron chi connectivity index (χ1n) is 8.18.